The van der Waals surface area contributed by atoms with Gasteiger partial charge >= 0.3 is 0 Å². The Morgan fingerprint density at radius 3 is 2.52 bits per heavy atom. The maximum Gasteiger partial charge on any atom is 0.257 e. The predicted molar refractivity (Wildman–Crippen MR) is 108 cm³/mol. The maximum atomic E-state index is 14.2. The van der Waals surface area contributed by atoms with E-state index < -0.39 is 5.82 Å². The van der Waals surface area contributed by atoms with E-state index in [0.717, 1.165) is 5.69 Å². The molecule has 0 radical (unpaired) electrons. The van der Waals surface area contributed by atoms with Gasteiger partial charge in [-0.15, -0.1) is 12.4 Å². The molecule has 5 nitrogen and oxygen atoms in total. The molecule has 0 aliphatic carbocycles. The topological polar surface area (TPSA) is 58.1 Å². The molecule has 1 aromatic carbocycles. The first-order valence-corrected chi connectivity index (χ1v) is 8.62. The van der Waals surface area contributed by atoms with Crippen LogP contribution in [0.25, 0.3) is 11.0 Å². The number of rotatable bonds is 5. The molecule has 0 unspecified atom stereocenters. The standard InChI is InChI=1S/C20H21FN4O.ClH/c1-4-25(5-2)20(26)15-12-22-19-14(11-10-13(3)23-19)18(15)24-17-9-7-6-8-16(17)21;/h6-12H,4-5H2,1-3H3,(H,22,23,24);1H. The molecule has 0 fully saturated rings. The molecule has 142 valence electrons. The first-order valence-electron chi connectivity index (χ1n) is 8.62. The number of para-hydroxylation sites is 1. The minimum atomic E-state index is -0.390. The summed E-state index contributed by atoms with van der Waals surface area (Å²) in [6.45, 7) is 6.88. The molecule has 0 bridgehead atoms. The Labute approximate surface area is 164 Å². The van der Waals surface area contributed by atoms with E-state index >= 15 is 0 Å². The van der Waals surface area contributed by atoms with Crippen LogP contribution in [0.4, 0.5) is 15.8 Å². The molecule has 1 amide bonds. The molecule has 3 rings (SSSR count). The van der Waals surface area contributed by atoms with Crippen LogP contribution in [0, 0.1) is 12.7 Å². The van der Waals surface area contributed by atoms with Gasteiger partial charge in [0, 0.05) is 30.4 Å². The number of aromatic nitrogens is 2. The molecule has 3 aromatic rings. The predicted octanol–water partition coefficient (Wildman–Crippen LogP) is 4.72. The Bertz CT molecular complexity index is 960. The molecule has 2 heterocycles. The van der Waals surface area contributed by atoms with Crippen molar-refractivity contribution in [1.82, 2.24) is 14.9 Å². The molecule has 0 aliphatic rings. The van der Waals surface area contributed by atoms with Gasteiger partial charge in [-0.2, -0.15) is 0 Å². The van der Waals surface area contributed by atoms with E-state index in [1.165, 1.54) is 12.3 Å². The number of nitrogens with one attached hydrogen (secondary N) is 1. The van der Waals surface area contributed by atoms with Crippen molar-refractivity contribution in [1.29, 1.82) is 0 Å². The largest absolute Gasteiger partial charge is 0.352 e. The lowest BCUT2D eigenvalue weighted by Gasteiger charge is -2.21. The first kappa shape index (κ1) is 20.6. The average molecular weight is 389 g/mol. The van der Waals surface area contributed by atoms with Crippen LogP contribution in [-0.2, 0) is 0 Å². The zero-order chi connectivity index (χ0) is 18.7. The highest BCUT2D eigenvalue weighted by molar-refractivity contribution is 6.07. The van der Waals surface area contributed by atoms with E-state index in [4.69, 9.17) is 0 Å². The number of nitrogens with zero attached hydrogens (tertiary/aromatic N) is 3. The summed E-state index contributed by atoms with van der Waals surface area (Å²) in [4.78, 5) is 23.4. The van der Waals surface area contributed by atoms with Crippen LogP contribution in [0.5, 0.6) is 0 Å². The Balaban J connectivity index is 0.00000261. The second-order valence-electron chi connectivity index (χ2n) is 5.95. The van der Waals surface area contributed by atoms with Crippen LogP contribution in [0.1, 0.15) is 29.9 Å². The summed E-state index contributed by atoms with van der Waals surface area (Å²) in [7, 11) is 0. The number of aryl methyl sites for hydroxylation is 1. The Morgan fingerprint density at radius 2 is 1.85 bits per heavy atom. The highest BCUT2D eigenvalue weighted by Crippen LogP contribution is 2.30. The number of amides is 1. The van der Waals surface area contributed by atoms with Crippen molar-refractivity contribution in [2.24, 2.45) is 0 Å². The summed E-state index contributed by atoms with van der Waals surface area (Å²) in [5.74, 6) is -0.539. The fourth-order valence-corrected chi connectivity index (χ4v) is 2.85. The van der Waals surface area contributed by atoms with Crippen LogP contribution >= 0.6 is 12.4 Å². The van der Waals surface area contributed by atoms with Gasteiger partial charge < -0.3 is 10.2 Å². The number of benzene rings is 1. The number of fused-ring (bicyclic) bond motifs is 1. The van der Waals surface area contributed by atoms with Crippen LogP contribution in [-0.4, -0.2) is 33.9 Å². The third kappa shape index (κ3) is 4.17. The van der Waals surface area contributed by atoms with Gasteiger partial charge in [0.1, 0.15) is 5.82 Å². The molecule has 1 N–H and O–H groups in total. The summed E-state index contributed by atoms with van der Waals surface area (Å²) in [5.41, 5.74) is 2.55. The second kappa shape index (κ2) is 8.77. The lowest BCUT2D eigenvalue weighted by Crippen LogP contribution is -2.31. The van der Waals surface area contributed by atoms with Crippen molar-refractivity contribution >= 4 is 40.7 Å². The van der Waals surface area contributed by atoms with E-state index in [1.54, 1.807) is 23.1 Å². The van der Waals surface area contributed by atoms with Crippen LogP contribution in [0.3, 0.4) is 0 Å². The molecule has 0 saturated heterocycles. The average Bonchev–Trinajstić information content (AvgIpc) is 2.64. The fourth-order valence-electron chi connectivity index (χ4n) is 2.85. The van der Waals surface area contributed by atoms with E-state index in [0.29, 0.717) is 41.1 Å². The van der Waals surface area contributed by atoms with Gasteiger partial charge in [0.05, 0.1) is 16.9 Å². The SMILES string of the molecule is CCN(CC)C(=O)c1cnc2nc(C)ccc2c1Nc1ccccc1F.Cl. The normalized spacial score (nSPS) is 10.4. The Morgan fingerprint density at radius 1 is 1.15 bits per heavy atom. The fraction of sp³-hybridized carbons (Fsp3) is 0.250. The summed E-state index contributed by atoms with van der Waals surface area (Å²) in [6.07, 6.45) is 1.51. The lowest BCUT2D eigenvalue weighted by atomic mass is 10.1. The van der Waals surface area contributed by atoms with Gasteiger partial charge in [0.15, 0.2) is 5.65 Å². The van der Waals surface area contributed by atoms with Crippen LogP contribution in [0.15, 0.2) is 42.6 Å². The number of carbonyl (C=O) groups is 1. The third-order valence-corrected chi connectivity index (χ3v) is 4.28. The van der Waals surface area contributed by atoms with Gasteiger partial charge in [-0.1, -0.05) is 12.1 Å². The van der Waals surface area contributed by atoms with Crippen molar-refractivity contribution in [2.45, 2.75) is 20.8 Å². The Kier molecular flexibility index (Phi) is 6.69. The summed E-state index contributed by atoms with van der Waals surface area (Å²) >= 11 is 0. The van der Waals surface area contributed by atoms with Crippen molar-refractivity contribution < 1.29 is 9.18 Å². The molecule has 7 heteroatoms. The van der Waals surface area contributed by atoms with Gasteiger partial charge in [-0.3, -0.25) is 4.79 Å². The second-order valence-corrected chi connectivity index (χ2v) is 5.95. The molecule has 27 heavy (non-hydrogen) atoms. The van der Waals surface area contributed by atoms with Crippen molar-refractivity contribution in [3.8, 4) is 0 Å². The molecule has 0 atom stereocenters. The molecular weight excluding hydrogens is 367 g/mol. The van der Waals surface area contributed by atoms with Gasteiger partial charge in [0.25, 0.3) is 5.91 Å². The summed E-state index contributed by atoms with van der Waals surface area (Å²) in [6, 6.07) is 10.1. The van der Waals surface area contributed by atoms with Crippen molar-refractivity contribution in [3.63, 3.8) is 0 Å². The highest BCUT2D eigenvalue weighted by Gasteiger charge is 2.20. The van der Waals surface area contributed by atoms with E-state index in [-0.39, 0.29) is 18.3 Å². The maximum absolute atomic E-state index is 14.2. The molecule has 2 aromatic heterocycles. The van der Waals surface area contributed by atoms with Gasteiger partial charge in [0.2, 0.25) is 0 Å². The number of hydrogen-bond donors (Lipinski definition) is 1. The number of hydrogen-bond acceptors (Lipinski definition) is 4. The third-order valence-electron chi connectivity index (χ3n) is 4.28. The minimum Gasteiger partial charge on any atom is -0.352 e. The number of anilines is 2. The molecule has 0 saturated carbocycles. The first-order chi connectivity index (χ1) is 12.5. The van der Waals surface area contributed by atoms with Gasteiger partial charge in [-0.25, -0.2) is 14.4 Å². The number of halogens is 2. The zero-order valence-electron chi connectivity index (χ0n) is 15.5. The van der Waals surface area contributed by atoms with Crippen LogP contribution < -0.4 is 5.32 Å². The monoisotopic (exact) mass is 388 g/mol. The number of carbonyl (C=O) groups excluding carboxylic acids is 1. The summed E-state index contributed by atoms with van der Waals surface area (Å²) < 4.78 is 14.2. The van der Waals surface area contributed by atoms with E-state index in [1.807, 2.05) is 32.9 Å². The molecule has 0 aliphatic heterocycles. The van der Waals surface area contributed by atoms with Gasteiger partial charge in [-0.05, 0) is 45.0 Å². The minimum absolute atomic E-state index is 0. The quantitative estimate of drug-likeness (QED) is 0.686. The Hall–Kier alpha value is -2.73. The molecule has 0 spiro atoms. The van der Waals surface area contributed by atoms with Crippen molar-refractivity contribution in [2.75, 3.05) is 18.4 Å². The highest BCUT2D eigenvalue weighted by atomic mass is 35.5. The smallest absolute Gasteiger partial charge is 0.257 e. The zero-order valence-corrected chi connectivity index (χ0v) is 16.3. The molecular formula is C20H22ClFN4O. The summed E-state index contributed by atoms with van der Waals surface area (Å²) in [5, 5.41) is 3.76. The number of pyridine rings is 2. The van der Waals surface area contributed by atoms with Crippen molar-refractivity contribution in [3.05, 3.63) is 59.7 Å². The lowest BCUT2D eigenvalue weighted by molar-refractivity contribution is 0.0773. The van der Waals surface area contributed by atoms with E-state index in [2.05, 4.69) is 15.3 Å². The van der Waals surface area contributed by atoms with Crippen LogP contribution in [0.2, 0.25) is 0 Å². The van der Waals surface area contributed by atoms with E-state index in [9.17, 15) is 9.18 Å².